The van der Waals surface area contributed by atoms with Gasteiger partial charge in [-0.25, -0.2) is 0 Å². The van der Waals surface area contributed by atoms with Crippen LogP contribution in [-0.4, -0.2) is 9.35 Å². The summed E-state index contributed by atoms with van der Waals surface area (Å²) in [4.78, 5) is 9.96. The fourth-order valence-corrected chi connectivity index (χ4v) is 1.02. The van der Waals surface area contributed by atoms with Crippen molar-refractivity contribution in [1.82, 2.24) is 0 Å². The van der Waals surface area contributed by atoms with E-state index in [1.165, 1.54) is 12.1 Å². The highest BCUT2D eigenvalue weighted by molar-refractivity contribution is 14.1. The minimum absolute atomic E-state index is 0.0836. The number of nitro groups is 1. The van der Waals surface area contributed by atoms with Gasteiger partial charge in [-0.3, -0.25) is 10.1 Å². The van der Waals surface area contributed by atoms with E-state index >= 15 is 0 Å². The van der Waals surface area contributed by atoms with Crippen LogP contribution >= 0.6 is 22.6 Å². The molecule has 4 heteroatoms. The number of nitro benzene ring substituents is 1. The summed E-state index contributed by atoms with van der Waals surface area (Å²) in [5.74, 6) is 5.67. The van der Waals surface area contributed by atoms with Crippen molar-refractivity contribution in [3.63, 3.8) is 0 Å². The lowest BCUT2D eigenvalue weighted by atomic mass is 10.2. The molecule has 1 rings (SSSR count). The lowest BCUT2D eigenvalue weighted by Gasteiger charge is -1.90. The van der Waals surface area contributed by atoms with Crippen LogP contribution in [0.25, 0.3) is 0 Å². The third kappa shape index (κ3) is 3.03. The number of nitrogens with zero attached hydrogens (tertiary/aromatic N) is 1. The molecule has 0 saturated heterocycles. The highest BCUT2D eigenvalue weighted by Crippen LogP contribution is 2.11. The standard InChI is InChI=1S/C9H6INO2/c10-6-2-4-8-3-1-5-9(7-8)11(12)13/h1,3,5,7H,6H2. The highest BCUT2D eigenvalue weighted by Gasteiger charge is 2.03. The van der Waals surface area contributed by atoms with E-state index in [0.717, 1.165) is 4.43 Å². The molecule has 0 aromatic heterocycles. The van der Waals surface area contributed by atoms with Gasteiger partial charge < -0.3 is 0 Å². The summed E-state index contributed by atoms with van der Waals surface area (Å²) in [7, 11) is 0. The second kappa shape index (κ2) is 4.82. The predicted molar refractivity (Wildman–Crippen MR) is 58.9 cm³/mol. The fraction of sp³-hybridized carbons (Fsp3) is 0.111. The zero-order valence-corrected chi connectivity index (χ0v) is 8.82. The summed E-state index contributed by atoms with van der Waals surface area (Å²) in [6.07, 6.45) is 0. The van der Waals surface area contributed by atoms with Gasteiger partial charge in [0.2, 0.25) is 0 Å². The van der Waals surface area contributed by atoms with Crippen LogP contribution in [0.4, 0.5) is 5.69 Å². The van der Waals surface area contributed by atoms with Crippen LogP contribution in [0.5, 0.6) is 0 Å². The molecule has 0 aliphatic rings. The summed E-state index contributed by atoms with van der Waals surface area (Å²) in [5.41, 5.74) is 0.770. The minimum atomic E-state index is -0.421. The highest BCUT2D eigenvalue weighted by atomic mass is 127. The molecule has 13 heavy (non-hydrogen) atoms. The Morgan fingerprint density at radius 2 is 2.31 bits per heavy atom. The molecule has 0 heterocycles. The molecular formula is C9H6INO2. The van der Waals surface area contributed by atoms with Crippen LogP contribution < -0.4 is 0 Å². The quantitative estimate of drug-likeness (QED) is 0.262. The maximum Gasteiger partial charge on any atom is 0.270 e. The monoisotopic (exact) mass is 287 g/mol. The van der Waals surface area contributed by atoms with Gasteiger partial charge in [0.25, 0.3) is 5.69 Å². The molecule has 0 radical (unpaired) electrons. The molecule has 0 unspecified atom stereocenters. The Kier molecular flexibility index (Phi) is 3.71. The molecule has 1 aromatic rings. The van der Waals surface area contributed by atoms with Crippen molar-refractivity contribution >= 4 is 28.3 Å². The lowest BCUT2D eigenvalue weighted by Crippen LogP contribution is -1.87. The topological polar surface area (TPSA) is 43.1 Å². The Balaban J connectivity index is 2.98. The van der Waals surface area contributed by atoms with E-state index in [1.807, 2.05) is 0 Å². The van der Waals surface area contributed by atoms with Gasteiger partial charge in [0, 0.05) is 17.7 Å². The number of hydrogen-bond acceptors (Lipinski definition) is 2. The third-order valence-corrected chi connectivity index (χ3v) is 1.74. The van der Waals surface area contributed by atoms with E-state index in [1.54, 1.807) is 12.1 Å². The van der Waals surface area contributed by atoms with Gasteiger partial charge >= 0.3 is 0 Å². The molecule has 0 saturated carbocycles. The normalized spacial score (nSPS) is 8.69. The summed E-state index contributed by atoms with van der Waals surface area (Å²) in [6.45, 7) is 0. The van der Waals surface area contributed by atoms with Crippen LogP contribution in [0.15, 0.2) is 24.3 Å². The number of alkyl halides is 1. The smallest absolute Gasteiger partial charge is 0.258 e. The summed E-state index contributed by atoms with van der Waals surface area (Å²) in [6, 6.07) is 6.32. The zero-order chi connectivity index (χ0) is 9.68. The van der Waals surface area contributed by atoms with E-state index in [4.69, 9.17) is 0 Å². The van der Waals surface area contributed by atoms with Crippen molar-refractivity contribution in [2.75, 3.05) is 4.43 Å². The van der Waals surface area contributed by atoms with Crippen LogP contribution in [0, 0.1) is 22.0 Å². The molecule has 66 valence electrons. The van der Waals surface area contributed by atoms with Crippen molar-refractivity contribution in [2.24, 2.45) is 0 Å². The summed E-state index contributed by atoms with van der Waals surface area (Å²) < 4.78 is 0.723. The van der Waals surface area contributed by atoms with Crippen molar-refractivity contribution < 1.29 is 4.92 Å². The first-order valence-corrected chi connectivity index (χ1v) is 5.06. The fourth-order valence-electron chi connectivity index (χ4n) is 0.833. The maximum absolute atomic E-state index is 10.4. The van der Waals surface area contributed by atoms with E-state index in [2.05, 4.69) is 34.4 Å². The number of rotatable bonds is 1. The van der Waals surface area contributed by atoms with Crippen LogP contribution in [0.3, 0.4) is 0 Å². The van der Waals surface area contributed by atoms with Gasteiger partial charge in [0.05, 0.1) is 9.35 Å². The SMILES string of the molecule is O=[N+]([O-])c1cccc(C#CCI)c1. The van der Waals surface area contributed by atoms with E-state index in [0.29, 0.717) is 5.56 Å². The number of benzene rings is 1. The molecule has 0 bridgehead atoms. The molecule has 0 spiro atoms. The second-order valence-corrected chi connectivity index (χ2v) is 3.01. The molecule has 0 aliphatic carbocycles. The molecule has 0 atom stereocenters. The van der Waals surface area contributed by atoms with Crippen LogP contribution in [0.2, 0.25) is 0 Å². The van der Waals surface area contributed by atoms with Gasteiger partial charge in [-0.05, 0) is 6.07 Å². The Hall–Kier alpha value is -1.09. The van der Waals surface area contributed by atoms with E-state index in [-0.39, 0.29) is 5.69 Å². The van der Waals surface area contributed by atoms with Gasteiger partial charge in [-0.2, -0.15) is 0 Å². The molecular weight excluding hydrogens is 281 g/mol. The first kappa shape index (κ1) is 9.99. The van der Waals surface area contributed by atoms with Crippen molar-refractivity contribution in [3.8, 4) is 11.8 Å². The molecule has 0 fully saturated rings. The van der Waals surface area contributed by atoms with Crippen molar-refractivity contribution in [1.29, 1.82) is 0 Å². The third-order valence-electron chi connectivity index (χ3n) is 1.36. The number of non-ortho nitro benzene ring substituents is 1. The Morgan fingerprint density at radius 1 is 1.54 bits per heavy atom. The lowest BCUT2D eigenvalue weighted by molar-refractivity contribution is -0.384. The van der Waals surface area contributed by atoms with Crippen LogP contribution in [0.1, 0.15) is 5.56 Å². The molecule has 3 nitrogen and oxygen atoms in total. The molecule has 0 aliphatic heterocycles. The Morgan fingerprint density at radius 3 is 2.92 bits per heavy atom. The minimum Gasteiger partial charge on any atom is -0.258 e. The first-order valence-electron chi connectivity index (χ1n) is 3.53. The number of hydrogen-bond donors (Lipinski definition) is 0. The van der Waals surface area contributed by atoms with Gasteiger partial charge in [0.1, 0.15) is 0 Å². The average Bonchev–Trinajstić information content (AvgIpc) is 2.15. The number of halogens is 1. The van der Waals surface area contributed by atoms with Crippen molar-refractivity contribution in [2.45, 2.75) is 0 Å². The maximum atomic E-state index is 10.4. The largest absolute Gasteiger partial charge is 0.270 e. The first-order chi connectivity index (χ1) is 6.24. The zero-order valence-electron chi connectivity index (χ0n) is 6.66. The van der Waals surface area contributed by atoms with Gasteiger partial charge in [-0.1, -0.05) is 40.5 Å². The molecule has 0 N–H and O–H groups in total. The van der Waals surface area contributed by atoms with Gasteiger partial charge in [-0.15, -0.1) is 0 Å². The Bertz CT molecular complexity index is 379. The van der Waals surface area contributed by atoms with Gasteiger partial charge in [0.15, 0.2) is 0 Å². The van der Waals surface area contributed by atoms with Crippen LogP contribution in [-0.2, 0) is 0 Å². The molecule has 0 amide bonds. The Labute approximate surface area is 89.4 Å². The average molecular weight is 287 g/mol. The molecule has 1 aromatic carbocycles. The van der Waals surface area contributed by atoms with E-state index in [9.17, 15) is 10.1 Å². The second-order valence-electron chi connectivity index (χ2n) is 2.24. The van der Waals surface area contributed by atoms with E-state index < -0.39 is 4.92 Å². The predicted octanol–water partition coefficient (Wildman–Crippen LogP) is 2.38. The summed E-state index contributed by atoms with van der Waals surface area (Å²) in [5, 5.41) is 10.4. The van der Waals surface area contributed by atoms with Crippen molar-refractivity contribution in [3.05, 3.63) is 39.9 Å². The summed E-state index contributed by atoms with van der Waals surface area (Å²) >= 11 is 2.13.